The average molecular weight is 278 g/mol. The van der Waals surface area contributed by atoms with Gasteiger partial charge < -0.3 is 15.3 Å². The Morgan fingerprint density at radius 2 is 2.24 bits per heavy atom. The summed E-state index contributed by atoms with van der Waals surface area (Å²) in [7, 11) is 0. The topological polar surface area (TPSA) is 69.6 Å². The number of hydrogen-bond donors (Lipinski definition) is 2. The molecule has 7 heteroatoms. The largest absolute Gasteiger partial charge is 0.480 e. The maximum Gasteiger partial charge on any atom is 0.323 e. The molecule has 0 aromatic rings. The van der Waals surface area contributed by atoms with Crippen LogP contribution in [-0.2, 0) is 4.79 Å². The lowest BCUT2D eigenvalue weighted by molar-refractivity contribution is -0.137. The van der Waals surface area contributed by atoms with Gasteiger partial charge in [-0.15, -0.1) is 0 Å². The van der Waals surface area contributed by atoms with Crippen molar-refractivity contribution in [1.82, 2.24) is 10.2 Å². The summed E-state index contributed by atoms with van der Waals surface area (Å²) in [5.74, 6) is 2.37. The van der Waals surface area contributed by atoms with Gasteiger partial charge in [-0.05, 0) is 6.92 Å². The van der Waals surface area contributed by atoms with E-state index in [9.17, 15) is 9.59 Å². The van der Waals surface area contributed by atoms with Gasteiger partial charge in [0.15, 0.2) is 0 Å². The summed E-state index contributed by atoms with van der Waals surface area (Å²) in [5, 5.41) is 11.9. The normalized spacial score (nSPS) is 19.7. The third-order valence-corrected chi connectivity index (χ3v) is 5.21. The first-order valence-electron chi connectivity index (χ1n) is 5.57. The Bertz CT molecular complexity index is 270. The molecule has 0 saturated carbocycles. The van der Waals surface area contributed by atoms with E-state index in [-0.39, 0.29) is 12.6 Å². The first-order valence-corrected chi connectivity index (χ1v) is 7.77. The predicted molar refractivity (Wildman–Crippen MR) is 71.9 cm³/mol. The Balaban J connectivity index is 2.28. The molecule has 1 heterocycles. The fraction of sp³-hybridized carbons (Fsp3) is 0.800. The lowest BCUT2D eigenvalue weighted by Crippen LogP contribution is -2.45. The van der Waals surface area contributed by atoms with Gasteiger partial charge in [0, 0.05) is 35.6 Å². The van der Waals surface area contributed by atoms with Crippen molar-refractivity contribution in [2.24, 2.45) is 0 Å². The molecule has 0 aliphatic carbocycles. The van der Waals surface area contributed by atoms with Crippen molar-refractivity contribution in [2.45, 2.75) is 12.2 Å². The molecule has 2 amide bonds. The number of nitrogens with zero attached hydrogens (tertiary/aromatic N) is 1. The zero-order chi connectivity index (χ0) is 12.7. The molecule has 1 unspecified atom stereocenters. The van der Waals surface area contributed by atoms with E-state index >= 15 is 0 Å². The number of nitrogens with one attached hydrogen (secondary N) is 1. The number of hydrogen-bond acceptors (Lipinski definition) is 4. The summed E-state index contributed by atoms with van der Waals surface area (Å²) in [6.07, 6.45) is 0. The molecular formula is C10H18N2O3S2. The fourth-order valence-corrected chi connectivity index (χ4v) is 4.07. The molecule has 1 aliphatic heterocycles. The molecule has 2 N–H and O–H groups in total. The SMILES string of the molecule is CCN(CC(=O)O)C(=O)NCC1CSCCS1. The zero-order valence-electron chi connectivity index (χ0n) is 9.85. The van der Waals surface area contributed by atoms with Crippen molar-refractivity contribution in [1.29, 1.82) is 0 Å². The number of carboxylic acid groups (broad SMARTS) is 1. The lowest BCUT2D eigenvalue weighted by Gasteiger charge is -2.24. The van der Waals surface area contributed by atoms with Crippen LogP contribution in [0.4, 0.5) is 4.79 Å². The predicted octanol–water partition coefficient (Wildman–Crippen LogP) is 0.951. The smallest absolute Gasteiger partial charge is 0.323 e. The molecule has 1 aliphatic rings. The number of carboxylic acids is 1. The zero-order valence-corrected chi connectivity index (χ0v) is 11.5. The summed E-state index contributed by atoms with van der Waals surface area (Å²) < 4.78 is 0. The maximum atomic E-state index is 11.7. The van der Waals surface area contributed by atoms with Gasteiger partial charge in [-0.3, -0.25) is 4.79 Å². The Labute approximate surface area is 110 Å². The van der Waals surface area contributed by atoms with E-state index in [1.54, 1.807) is 6.92 Å². The standard InChI is InChI=1S/C10H18N2O3S2/c1-2-12(6-9(13)14)10(15)11-5-8-7-16-3-4-17-8/h8H,2-7H2,1H3,(H,11,15)(H,13,14). The molecular weight excluding hydrogens is 260 g/mol. The number of aliphatic carboxylic acids is 1. The second-order valence-electron chi connectivity index (χ2n) is 3.66. The van der Waals surface area contributed by atoms with Crippen LogP contribution in [0, 0.1) is 0 Å². The molecule has 0 aromatic carbocycles. The fourth-order valence-electron chi connectivity index (χ4n) is 1.46. The van der Waals surface area contributed by atoms with Crippen molar-refractivity contribution in [3.05, 3.63) is 0 Å². The lowest BCUT2D eigenvalue weighted by atomic mass is 10.4. The first-order chi connectivity index (χ1) is 8.13. The Hall–Kier alpha value is -0.560. The number of urea groups is 1. The summed E-state index contributed by atoms with van der Waals surface area (Å²) in [4.78, 5) is 23.5. The van der Waals surface area contributed by atoms with Crippen LogP contribution in [0.3, 0.4) is 0 Å². The molecule has 0 radical (unpaired) electrons. The molecule has 1 saturated heterocycles. The maximum absolute atomic E-state index is 11.7. The number of thioether (sulfide) groups is 2. The summed E-state index contributed by atoms with van der Waals surface area (Å²) in [5.41, 5.74) is 0. The van der Waals surface area contributed by atoms with Gasteiger partial charge in [-0.2, -0.15) is 23.5 Å². The third-order valence-electron chi connectivity index (χ3n) is 2.36. The summed E-state index contributed by atoms with van der Waals surface area (Å²) in [6.45, 7) is 2.56. The van der Waals surface area contributed by atoms with Crippen LogP contribution in [-0.4, -0.2) is 64.1 Å². The van der Waals surface area contributed by atoms with Crippen LogP contribution in [0.1, 0.15) is 6.92 Å². The van der Waals surface area contributed by atoms with Crippen LogP contribution < -0.4 is 5.32 Å². The molecule has 5 nitrogen and oxygen atoms in total. The van der Waals surface area contributed by atoms with Gasteiger partial charge in [0.2, 0.25) is 0 Å². The van der Waals surface area contributed by atoms with Crippen molar-refractivity contribution in [3.8, 4) is 0 Å². The van der Waals surface area contributed by atoms with Crippen molar-refractivity contribution in [2.75, 3.05) is 36.9 Å². The van der Waals surface area contributed by atoms with Crippen molar-refractivity contribution >= 4 is 35.5 Å². The van der Waals surface area contributed by atoms with E-state index < -0.39 is 5.97 Å². The molecule has 1 atom stereocenters. The van der Waals surface area contributed by atoms with Crippen LogP contribution in [0.5, 0.6) is 0 Å². The molecule has 98 valence electrons. The van der Waals surface area contributed by atoms with Gasteiger partial charge >= 0.3 is 12.0 Å². The minimum absolute atomic E-state index is 0.241. The molecule has 1 fully saturated rings. The minimum atomic E-state index is -0.982. The second-order valence-corrected chi connectivity index (χ2v) is 6.22. The minimum Gasteiger partial charge on any atom is -0.480 e. The van der Waals surface area contributed by atoms with E-state index in [1.807, 2.05) is 23.5 Å². The van der Waals surface area contributed by atoms with Crippen molar-refractivity contribution in [3.63, 3.8) is 0 Å². The van der Waals surface area contributed by atoms with Crippen LogP contribution in [0.25, 0.3) is 0 Å². The molecule has 0 aromatic heterocycles. The highest BCUT2D eigenvalue weighted by molar-refractivity contribution is 8.06. The van der Waals surface area contributed by atoms with Crippen molar-refractivity contribution < 1.29 is 14.7 Å². The number of carbonyl (C=O) groups excluding carboxylic acids is 1. The Kier molecular flexibility index (Phi) is 6.57. The summed E-state index contributed by atoms with van der Waals surface area (Å²) in [6, 6.07) is -0.286. The van der Waals surface area contributed by atoms with Gasteiger partial charge in [0.25, 0.3) is 0 Å². The molecule has 17 heavy (non-hydrogen) atoms. The van der Waals surface area contributed by atoms with Crippen LogP contribution >= 0.6 is 23.5 Å². The first kappa shape index (κ1) is 14.5. The van der Waals surface area contributed by atoms with Crippen LogP contribution in [0.15, 0.2) is 0 Å². The third kappa shape index (κ3) is 5.54. The number of likely N-dealkylation sites (N-methyl/N-ethyl adjacent to an activating group) is 1. The quantitative estimate of drug-likeness (QED) is 0.783. The van der Waals surface area contributed by atoms with Gasteiger partial charge in [-0.25, -0.2) is 4.79 Å². The highest BCUT2D eigenvalue weighted by atomic mass is 32.2. The number of carbonyl (C=O) groups is 2. The second kappa shape index (κ2) is 7.71. The van der Waals surface area contributed by atoms with Crippen LogP contribution in [0.2, 0.25) is 0 Å². The molecule has 0 spiro atoms. The highest BCUT2D eigenvalue weighted by Gasteiger charge is 2.18. The number of amides is 2. The van der Waals surface area contributed by atoms with E-state index in [2.05, 4.69) is 5.32 Å². The Morgan fingerprint density at radius 1 is 1.47 bits per heavy atom. The highest BCUT2D eigenvalue weighted by Crippen LogP contribution is 2.23. The van der Waals surface area contributed by atoms with E-state index in [4.69, 9.17) is 5.11 Å². The van der Waals surface area contributed by atoms with E-state index in [0.29, 0.717) is 18.3 Å². The van der Waals surface area contributed by atoms with E-state index in [0.717, 1.165) is 11.5 Å². The van der Waals surface area contributed by atoms with E-state index in [1.165, 1.54) is 10.7 Å². The number of rotatable bonds is 5. The van der Waals surface area contributed by atoms with Gasteiger partial charge in [-0.1, -0.05) is 0 Å². The molecule has 0 bridgehead atoms. The Morgan fingerprint density at radius 3 is 2.76 bits per heavy atom. The molecule has 1 rings (SSSR count). The summed E-state index contributed by atoms with van der Waals surface area (Å²) >= 11 is 3.77. The average Bonchev–Trinajstić information content (AvgIpc) is 2.34. The monoisotopic (exact) mass is 278 g/mol. The van der Waals surface area contributed by atoms with Gasteiger partial charge in [0.05, 0.1) is 0 Å². The van der Waals surface area contributed by atoms with Gasteiger partial charge in [0.1, 0.15) is 6.54 Å².